The second kappa shape index (κ2) is 4.73. The van der Waals surface area contributed by atoms with Gasteiger partial charge in [0.2, 0.25) is 0 Å². The molecule has 1 aromatic carbocycles. The highest BCUT2D eigenvalue weighted by atomic mass is 19.4. The fourth-order valence-electron chi connectivity index (χ4n) is 2.08. The van der Waals surface area contributed by atoms with Crippen molar-refractivity contribution in [1.29, 1.82) is 0 Å². The van der Waals surface area contributed by atoms with E-state index >= 15 is 0 Å². The summed E-state index contributed by atoms with van der Waals surface area (Å²) in [7, 11) is 1.77. The van der Waals surface area contributed by atoms with Crippen molar-refractivity contribution < 1.29 is 23.0 Å². The first-order valence-corrected chi connectivity index (χ1v) is 5.78. The third kappa shape index (κ3) is 2.71. The molecule has 0 aliphatic rings. The predicted octanol–water partition coefficient (Wildman–Crippen LogP) is 3.31. The van der Waals surface area contributed by atoms with E-state index in [0.717, 1.165) is 23.0 Å². The lowest BCUT2D eigenvalue weighted by molar-refractivity contribution is -0.275. The minimum Gasteiger partial charge on any atom is -0.504 e. The fraction of sp³-hybridized carbons (Fsp3) is 0.308. The Kier molecular flexibility index (Phi) is 3.37. The summed E-state index contributed by atoms with van der Waals surface area (Å²) >= 11 is 0. The van der Waals surface area contributed by atoms with Gasteiger partial charge >= 0.3 is 6.36 Å². The third-order valence-corrected chi connectivity index (χ3v) is 2.98. The average molecular weight is 286 g/mol. The van der Waals surface area contributed by atoms with Crippen LogP contribution in [0.15, 0.2) is 18.2 Å². The van der Waals surface area contributed by atoms with Gasteiger partial charge in [-0.2, -0.15) is 5.10 Å². The zero-order valence-electron chi connectivity index (χ0n) is 11.1. The SMILES string of the molecule is Cc1nn(C)c(C)c1-c1ccc(OC(F)(F)F)c(O)c1. The molecule has 1 N–H and O–H groups in total. The summed E-state index contributed by atoms with van der Waals surface area (Å²) in [6.45, 7) is 3.63. The monoisotopic (exact) mass is 286 g/mol. The molecule has 1 heterocycles. The highest BCUT2D eigenvalue weighted by molar-refractivity contribution is 5.71. The minimum absolute atomic E-state index is 0.567. The van der Waals surface area contributed by atoms with Gasteiger partial charge in [0.1, 0.15) is 0 Å². The average Bonchev–Trinajstić information content (AvgIpc) is 2.55. The number of phenolic OH excluding ortho intramolecular Hbond substituents is 1. The maximum absolute atomic E-state index is 12.1. The molecule has 0 unspecified atom stereocenters. The molecule has 0 atom stereocenters. The van der Waals surface area contributed by atoms with Crippen LogP contribution in [0.2, 0.25) is 0 Å². The first kappa shape index (κ1) is 14.2. The maximum Gasteiger partial charge on any atom is 0.573 e. The maximum atomic E-state index is 12.1. The van der Waals surface area contributed by atoms with Crippen molar-refractivity contribution in [2.45, 2.75) is 20.2 Å². The van der Waals surface area contributed by atoms with Gasteiger partial charge in [-0.15, -0.1) is 13.2 Å². The molecule has 108 valence electrons. The molecule has 7 heteroatoms. The quantitative estimate of drug-likeness (QED) is 0.921. The third-order valence-electron chi connectivity index (χ3n) is 2.98. The summed E-state index contributed by atoms with van der Waals surface area (Å²) in [4.78, 5) is 0. The molecule has 0 fully saturated rings. The van der Waals surface area contributed by atoms with Gasteiger partial charge in [-0.1, -0.05) is 6.07 Å². The summed E-state index contributed by atoms with van der Waals surface area (Å²) in [6, 6.07) is 3.78. The summed E-state index contributed by atoms with van der Waals surface area (Å²) in [5.41, 5.74) is 2.95. The standard InChI is InChI=1S/C13H13F3N2O2/c1-7-12(8(2)18(3)17-7)9-4-5-11(10(19)6-9)20-13(14,15)16/h4-6,19H,1-3H3. The molecule has 0 radical (unpaired) electrons. The molecule has 4 nitrogen and oxygen atoms in total. The van der Waals surface area contributed by atoms with E-state index in [2.05, 4.69) is 9.84 Å². The number of halogens is 3. The number of ether oxygens (including phenoxy) is 1. The van der Waals surface area contributed by atoms with Crippen LogP contribution < -0.4 is 4.74 Å². The second-order valence-electron chi connectivity index (χ2n) is 4.40. The number of hydrogen-bond acceptors (Lipinski definition) is 3. The number of hydrogen-bond donors (Lipinski definition) is 1. The molecular weight excluding hydrogens is 273 g/mol. The number of aromatic nitrogens is 2. The highest BCUT2D eigenvalue weighted by Gasteiger charge is 2.32. The van der Waals surface area contributed by atoms with Gasteiger partial charge in [-0.25, -0.2) is 0 Å². The Labute approximate surface area is 113 Å². The molecule has 0 amide bonds. The van der Waals surface area contributed by atoms with Crippen molar-refractivity contribution >= 4 is 0 Å². The molecule has 0 spiro atoms. The number of alkyl halides is 3. The van der Waals surface area contributed by atoms with Crippen LogP contribution in [0.25, 0.3) is 11.1 Å². The number of aromatic hydroxyl groups is 1. The van der Waals surface area contributed by atoms with E-state index in [-0.39, 0.29) is 0 Å². The Morgan fingerprint density at radius 2 is 1.90 bits per heavy atom. The van der Waals surface area contributed by atoms with E-state index in [0.29, 0.717) is 5.56 Å². The smallest absolute Gasteiger partial charge is 0.504 e. The van der Waals surface area contributed by atoms with Gasteiger partial charge in [0.05, 0.1) is 5.69 Å². The summed E-state index contributed by atoms with van der Waals surface area (Å²) in [6.07, 6.45) is -4.83. The molecule has 1 aromatic heterocycles. The Balaban J connectivity index is 2.43. The zero-order valence-corrected chi connectivity index (χ0v) is 11.1. The molecule has 2 aromatic rings. The Bertz CT molecular complexity index is 648. The van der Waals surface area contributed by atoms with E-state index in [9.17, 15) is 18.3 Å². The van der Waals surface area contributed by atoms with Crippen molar-refractivity contribution in [2.75, 3.05) is 0 Å². The van der Waals surface area contributed by atoms with E-state index in [4.69, 9.17) is 0 Å². The van der Waals surface area contributed by atoms with Gasteiger partial charge in [-0.3, -0.25) is 4.68 Å². The Hall–Kier alpha value is -2.18. The minimum atomic E-state index is -4.83. The number of benzene rings is 1. The number of aryl methyl sites for hydroxylation is 2. The largest absolute Gasteiger partial charge is 0.573 e. The zero-order chi connectivity index (χ0) is 15.1. The fourth-order valence-corrected chi connectivity index (χ4v) is 2.08. The Morgan fingerprint density at radius 3 is 2.35 bits per heavy atom. The number of rotatable bonds is 2. The van der Waals surface area contributed by atoms with Crippen LogP contribution >= 0.6 is 0 Å². The van der Waals surface area contributed by atoms with Crippen molar-refractivity contribution in [1.82, 2.24) is 9.78 Å². The van der Waals surface area contributed by atoms with E-state index < -0.39 is 17.9 Å². The predicted molar refractivity (Wildman–Crippen MR) is 66.5 cm³/mol. The van der Waals surface area contributed by atoms with E-state index in [1.165, 1.54) is 12.1 Å². The van der Waals surface area contributed by atoms with Crippen LogP contribution in [0, 0.1) is 13.8 Å². The lowest BCUT2D eigenvalue weighted by Crippen LogP contribution is -2.17. The summed E-state index contributed by atoms with van der Waals surface area (Å²) < 4.78 is 41.8. The first-order valence-electron chi connectivity index (χ1n) is 5.78. The number of phenols is 1. The summed E-state index contributed by atoms with van der Waals surface area (Å²) in [5.74, 6) is -1.19. The first-order chi connectivity index (χ1) is 9.19. The van der Waals surface area contributed by atoms with Gasteiger partial charge < -0.3 is 9.84 Å². The van der Waals surface area contributed by atoms with Crippen molar-refractivity contribution in [3.05, 3.63) is 29.6 Å². The lowest BCUT2D eigenvalue weighted by Gasteiger charge is -2.11. The van der Waals surface area contributed by atoms with Gasteiger partial charge in [0, 0.05) is 18.3 Å². The molecule has 2 rings (SSSR count). The van der Waals surface area contributed by atoms with Gasteiger partial charge in [0.25, 0.3) is 0 Å². The van der Waals surface area contributed by atoms with Crippen LogP contribution in [0.3, 0.4) is 0 Å². The lowest BCUT2D eigenvalue weighted by atomic mass is 10.0. The molecule has 0 aliphatic heterocycles. The normalized spacial score (nSPS) is 11.7. The molecule has 0 saturated carbocycles. The van der Waals surface area contributed by atoms with Gasteiger partial charge in [-0.05, 0) is 31.5 Å². The summed E-state index contributed by atoms with van der Waals surface area (Å²) in [5, 5.41) is 13.9. The molecule has 20 heavy (non-hydrogen) atoms. The van der Waals surface area contributed by atoms with Crippen LogP contribution in [0.5, 0.6) is 11.5 Å². The van der Waals surface area contributed by atoms with E-state index in [1.807, 2.05) is 6.92 Å². The van der Waals surface area contributed by atoms with Crippen LogP contribution in [-0.2, 0) is 7.05 Å². The molecule has 0 bridgehead atoms. The van der Waals surface area contributed by atoms with Crippen molar-refractivity contribution in [3.8, 4) is 22.6 Å². The molecular formula is C13H13F3N2O2. The van der Waals surface area contributed by atoms with E-state index in [1.54, 1.807) is 18.7 Å². The number of nitrogens with zero attached hydrogens (tertiary/aromatic N) is 2. The van der Waals surface area contributed by atoms with Crippen LogP contribution in [0.4, 0.5) is 13.2 Å². The van der Waals surface area contributed by atoms with Gasteiger partial charge in [0.15, 0.2) is 11.5 Å². The highest BCUT2D eigenvalue weighted by Crippen LogP contribution is 2.36. The van der Waals surface area contributed by atoms with Crippen LogP contribution in [-0.4, -0.2) is 21.2 Å². The second-order valence-corrected chi connectivity index (χ2v) is 4.40. The van der Waals surface area contributed by atoms with Crippen molar-refractivity contribution in [3.63, 3.8) is 0 Å². The topological polar surface area (TPSA) is 47.3 Å². The molecule has 0 aliphatic carbocycles. The molecule has 0 saturated heterocycles. The van der Waals surface area contributed by atoms with Crippen LogP contribution in [0.1, 0.15) is 11.4 Å². The van der Waals surface area contributed by atoms with Crippen molar-refractivity contribution in [2.24, 2.45) is 7.05 Å². The Morgan fingerprint density at radius 1 is 1.25 bits per heavy atom.